The molecule has 3 fully saturated rings. The second-order valence-electron chi connectivity index (χ2n) is 9.65. The lowest BCUT2D eigenvalue weighted by molar-refractivity contribution is -0.153. The number of rotatable bonds is 9. The molecule has 7 atom stereocenters. The minimum Gasteiger partial charge on any atom is -0.481 e. The Morgan fingerprint density at radius 2 is 2.03 bits per heavy atom. The van der Waals surface area contributed by atoms with Crippen LogP contribution in [-0.4, -0.2) is 85.6 Å². The van der Waals surface area contributed by atoms with Crippen molar-refractivity contribution in [3.63, 3.8) is 0 Å². The van der Waals surface area contributed by atoms with E-state index in [0.29, 0.717) is 12.8 Å². The highest BCUT2D eigenvalue weighted by atomic mass is 79.9. The maximum atomic E-state index is 14.1. The van der Waals surface area contributed by atoms with Crippen LogP contribution in [0.5, 0.6) is 0 Å². The third-order valence-corrected chi connectivity index (χ3v) is 8.24. The molecule has 0 aromatic heterocycles. The summed E-state index contributed by atoms with van der Waals surface area (Å²) >= 11 is 3.55. The molecule has 1 spiro atoms. The van der Waals surface area contributed by atoms with Crippen LogP contribution in [-0.2, 0) is 25.5 Å². The molecule has 2 bridgehead atoms. The Balaban J connectivity index is 1.82. The fourth-order valence-corrected chi connectivity index (χ4v) is 6.95. The number of ether oxygens (including phenoxy) is 1. The molecular weight excluding hydrogens is 504 g/mol. The van der Waals surface area contributed by atoms with Crippen molar-refractivity contribution in [1.29, 1.82) is 0 Å². The van der Waals surface area contributed by atoms with Gasteiger partial charge in [-0.25, -0.2) is 0 Å². The third kappa shape index (κ3) is 3.78. The number of carbonyl (C=O) groups excluding carboxylic acids is 2. The monoisotopic (exact) mass is 534 g/mol. The summed E-state index contributed by atoms with van der Waals surface area (Å²) in [7, 11) is 0. The van der Waals surface area contributed by atoms with Crippen molar-refractivity contribution in [3.05, 3.63) is 48.6 Å². The topological polar surface area (TPSA) is 107 Å². The Hall–Kier alpha value is -2.23. The molecule has 184 valence electrons. The second-order valence-corrected chi connectivity index (χ2v) is 10.8. The average Bonchev–Trinajstić information content (AvgIpc) is 3.39. The SMILES string of the molecule is C=CCN(C(=O)[C@@H]1N([C@@H](CO)Cc2ccccc2)C(=O)[C@H]2[C@H](C(=O)O)[C@H]3O[C@@]12CC3Br)C(C)C. The number of carboxylic acids is 1. The van der Waals surface area contributed by atoms with E-state index in [1.54, 1.807) is 11.0 Å². The zero-order valence-electron chi connectivity index (χ0n) is 19.3. The lowest BCUT2D eigenvalue weighted by Crippen LogP contribution is -2.60. The Morgan fingerprint density at radius 3 is 2.59 bits per heavy atom. The molecule has 4 rings (SSSR count). The number of benzene rings is 1. The fourth-order valence-electron chi connectivity index (χ4n) is 6.01. The summed E-state index contributed by atoms with van der Waals surface area (Å²) in [6.45, 7) is 7.44. The van der Waals surface area contributed by atoms with Crippen LogP contribution < -0.4 is 0 Å². The number of fused-ring (bicyclic) bond motifs is 1. The normalized spacial score (nSPS) is 32.7. The summed E-state index contributed by atoms with van der Waals surface area (Å²) in [4.78, 5) is 43.0. The molecule has 1 aromatic rings. The predicted octanol–water partition coefficient (Wildman–Crippen LogP) is 1.85. The van der Waals surface area contributed by atoms with Crippen molar-refractivity contribution < 1.29 is 29.3 Å². The first-order valence-electron chi connectivity index (χ1n) is 11.6. The zero-order valence-corrected chi connectivity index (χ0v) is 20.9. The molecule has 8 nitrogen and oxygen atoms in total. The van der Waals surface area contributed by atoms with E-state index in [9.17, 15) is 24.6 Å². The molecule has 34 heavy (non-hydrogen) atoms. The highest BCUT2D eigenvalue weighted by Gasteiger charge is 2.77. The van der Waals surface area contributed by atoms with E-state index >= 15 is 0 Å². The minimum atomic E-state index is -1.27. The van der Waals surface area contributed by atoms with Gasteiger partial charge < -0.3 is 24.7 Å². The molecule has 3 aliphatic rings. The molecule has 2 N–H and O–H groups in total. The second kappa shape index (κ2) is 9.43. The van der Waals surface area contributed by atoms with Gasteiger partial charge in [0, 0.05) is 17.4 Å². The number of likely N-dealkylation sites (tertiary alicyclic amines) is 1. The van der Waals surface area contributed by atoms with Gasteiger partial charge in [-0.05, 0) is 32.3 Å². The van der Waals surface area contributed by atoms with Crippen LogP contribution in [0.25, 0.3) is 0 Å². The van der Waals surface area contributed by atoms with Gasteiger partial charge in [0.25, 0.3) is 0 Å². The number of hydrogen-bond donors (Lipinski definition) is 2. The van der Waals surface area contributed by atoms with E-state index in [-0.39, 0.29) is 29.9 Å². The fraction of sp³-hybridized carbons (Fsp3) is 0.560. The first-order valence-corrected chi connectivity index (χ1v) is 12.5. The molecule has 3 aliphatic heterocycles. The maximum Gasteiger partial charge on any atom is 0.310 e. The predicted molar refractivity (Wildman–Crippen MR) is 128 cm³/mol. The molecule has 0 saturated carbocycles. The van der Waals surface area contributed by atoms with Gasteiger partial charge in [0.1, 0.15) is 11.6 Å². The summed E-state index contributed by atoms with van der Waals surface area (Å²) < 4.78 is 6.31. The minimum absolute atomic E-state index is 0.173. The van der Waals surface area contributed by atoms with Gasteiger partial charge in [0.05, 0.1) is 30.6 Å². The van der Waals surface area contributed by atoms with Gasteiger partial charge in [-0.1, -0.05) is 52.3 Å². The van der Waals surface area contributed by atoms with Gasteiger partial charge in [0.2, 0.25) is 11.8 Å². The first kappa shape index (κ1) is 24.9. The quantitative estimate of drug-likeness (QED) is 0.369. The summed E-state index contributed by atoms with van der Waals surface area (Å²) in [6, 6.07) is 7.50. The molecule has 9 heteroatoms. The zero-order chi connectivity index (χ0) is 24.8. The Labute approximate surface area is 207 Å². The van der Waals surface area contributed by atoms with Crippen molar-refractivity contribution in [3.8, 4) is 0 Å². The lowest BCUT2D eigenvalue weighted by atomic mass is 9.70. The number of nitrogens with zero attached hydrogens (tertiary/aromatic N) is 2. The molecule has 1 unspecified atom stereocenters. The van der Waals surface area contributed by atoms with Crippen molar-refractivity contribution in [2.45, 2.75) is 61.3 Å². The molecular formula is C25H31BrN2O6. The van der Waals surface area contributed by atoms with Gasteiger partial charge in [0.15, 0.2) is 0 Å². The van der Waals surface area contributed by atoms with E-state index in [1.165, 1.54) is 4.90 Å². The Bertz CT molecular complexity index is 971. The van der Waals surface area contributed by atoms with Crippen molar-refractivity contribution in [2.75, 3.05) is 13.2 Å². The number of halogens is 1. The standard InChI is InChI=1S/C25H31BrN2O6/c1-4-10-27(14(2)3)23(31)21-25-12-17(26)20(34-25)18(24(32)33)19(25)22(30)28(21)16(13-29)11-15-8-6-5-7-9-15/h4-9,14,16-21,29H,1,10-13H2,2-3H3,(H,32,33)/t16-,17?,18+,19-,20+,21+,25-/m1/s1. The molecule has 3 saturated heterocycles. The van der Waals surface area contributed by atoms with Gasteiger partial charge in [-0.2, -0.15) is 0 Å². The smallest absolute Gasteiger partial charge is 0.310 e. The van der Waals surface area contributed by atoms with Crippen molar-refractivity contribution >= 4 is 33.7 Å². The molecule has 0 aliphatic carbocycles. The van der Waals surface area contributed by atoms with Crippen LogP contribution in [0, 0.1) is 11.8 Å². The van der Waals surface area contributed by atoms with Crippen LogP contribution in [0.4, 0.5) is 0 Å². The van der Waals surface area contributed by atoms with Crippen LogP contribution in [0.1, 0.15) is 25.8 Å². The van der Waals surface area contributed by atoms with Gasteiger partial charge in [-0.15, -0.1) is 6.58 Å². The number of aliphatic hydroxyl groups is 1. The summed E-state index contributed by atoms with van der Waals surface area (Å²) in [5.74, 6) is -3.92. The van der Waals surface area contributed by atoms with Crippen LogP contribution in [0.3, 0.4) is 0 Å². The molecule has 0 radical (unpaired) electrons. The van der Waals surface area contributed by atoms with E-state index < -0.39 is 47.5 Å². The maximum absolute atomic E-state index is 14.1. The first-order chi connectivity index (χ1) is 16.2. The van der Waals surface area contributed by atoms with E-state index in [4.69, 9.17) is 4.74 Å². The summed E-state index contributed by atoms with van der Waals surface area (Å²) in [5, 5.41) is 20.4. The number of alkyl halides is 1. The number of aliphatic hydroxyl groups excluding tert-OH is 1. The van der Waals surface area contributed by atoms with E-state index in [2.05, 4.69) is 22.5 Å². The summed E-state index contributed by atoms with van der Waals surface area (Å²) in [5.41, 5.74) is -0.366. The lowest BCUT2D eigenvalue weighted by Gasteiger charge is -2.40. The average molecular weight is 535 g/mol. The van der Waals surface area contributed by atoms with E-state index in [1.807, 2.05) is 44.2 Å². The van der Waals surface area contributed by atoms with Crippen LogP contribution in [0.2, 0.25) is 0 Å². The Morgan fingerprint density at radius 1 is 1.35 bits per heavy atom. The Kier molecular flexibility index (Phi) is 6.90. The number of carboxylic acid groups (broad SMARTS) is 1. The van der Waals surface area contributed by atoms with Crippen LogP contribution >= 0.6 is 15.9 Å². The number of amides is 2. The van der Waals surface area contributed by atoms with E-state index in [0.717, 1.165) is 5.56 Å². The molecule has 3 heterocycles. The third-order valence-electron chi connectivity index (χ3n) is 7.40. The van der Waals surface area contributed by atoms with Crippen molar-refractivity contribution in [2.24, 2.45) is 11.8 Å². The number of hydrogen-bond acceptors (Lipinski definition) is 5. The van der Waals surface area contributed by atoms with Gasteiger partial charge in [-0.3, -0.25) is 14.4 Å². The summed E-state index contributed by atoms with van der Waals surface area (Å²) in [6.07, 6.45) is 1.60. The van der Waals surface area contributed by atoms with Gasteiger partial charge >= 0.3 is 5.97 Å². The highest BCUT2D eigenvalue weighted by molar-refractivity contribution is 9.09. The molecule has 1 aromatic carbocycles. The molecule has 2 amide bonds. The largest absolute Gasteiger partial charge is 0.481 e. The van der Waals surface area contributed by atoms with Crippen LogP contribution in [0.15, 0.2) is 43.0 Å². The number of aliphatic carboxylic acids is 1. The van der Waals surface area contributed by atoms with Crippen molar-refractivity contribution in [1.82, 2.24) is 9.80 Å². The highest BCUT2D eigenvalue weighted by Crippen LogP contribution is 2.60. The number of carbonyl (C=O) groups is 3.